The highest BCUT2D eigenvalue weighted by Crippen LogP contribution is 2.34. The molecule has 1 amide bonds. The number of nitrogens with zero attached hydrogens (tertiary/aromatic N) is 1. The summed E-state index contributed by atoms with van der Waals surface area (Å²) in [6, 6.07) is 3.30. The van der Waals surface area contributed by atoms with E-state index in [-0.39, 0.29) is 5.02 Å². The van der Waals surface area contributed by atoms with E-state index in [9.17, 15) is 22.4 Å². The summed E-state index contributed by atoms with van der Waals surface area (Å²) in [5, 5.41) is 2.25. The van der Waals surface area contributed by atoms with Crippen LogP contribution < -0.4 is 5.32 Å². The maximum atomic E-state index is 13.1. The molecule has 1 N–H and O–H groups in total. The van der Waals surface area contributed by atoms with Crippen molar-refractivity contribution in [3.63, 3.8) is 0 Å². The third kappa shape index (κ3) is 4.19. The molecule has 0 unspecified atom stereocenters. The molecule has 1 aromatic carbocycles. The highest BCUT2D eigenvalue weighted by molar-refractivity contribution is 6.30. The monoisotopic (exact) mass is 346 g/mol. The largest absolute Gasteiger partial charge is 0.417 e. The van der Waals surface area contributed by atoms with Gasteiger partial charge in [-0.1, -0.05) is 11.6 Å². The molecule has 0 aliphatic carbocycles. The second-order valence-corrected chi connectivity index (χ2v) is 5.26. The third-order valence-electron chi connectivity index (χ3n) is 3.11. The molecule has 0 spiro atoms. The molecule has 3 nitrogen and oxygen atoms in total. The quantitative estimate of drug-likeness (QED) is 0.838. The van der Waals surface area contributed by atoms with E-state index >= 15 is 0 Å². The Morgan fingerprint density at radius 3 is 2.57 bits per heavy atom. The van der Waals surface area contributed by atoms with Crippen molar-refractivity contribution < 1.29 is 22.4 Å². The molecule has 0 bridgehead atoms. The molecule has 2 aromatic rings. The standard InChI is InChI=1S/C15H11ClF4N2O/c1-8(9-4-11(17)7-21-6-9)22-14(23)12-3-2-10(16)5-13(12)15(18,19)20/h2-8H,1H3,(H,22,23)/t8-/m0/s1. The predicted octanol–water partition coefficient (Wildman–Crippen LogP) is 4.38. The number of nitrogens with one attached hydrogen (secondary N) is 1. The van der Waals surface area contributed by atoms with Gasteiger partial charge < -0.3 is 5.32 Å². The van der Waals surface area contributed by atoms with Crippen molar-refractivity contribution in [2.24, 2.45) is 0 Å². The van der Waals surface area contributed by atoms with Gasteiger partial charge in [-0.15, -0.1) is 0 Å². The van der Waals surface area contributed by atoms with Gasteiger partial charge in [-0.25, -0.2) is 4.39 Å². The van der Waals surface area contributed by atoms with Crippen LogP contribution in [0.25, 0.3) is 0 Å². The lowest BCUT2D eigenvalue weighted by molar-refractivity contribution is -0.137. The summed E-state index contributed by atoms with van der Waals surface area (Å²) in [6.45, 7) is 1.51. The Morgan fingerprint density at radius 1 is 1.26 bits per heavy atom. The summed E-state index contributed by atoms with van der Waals surface area (Å²) >= 11 is 5.56. The number of hydrogen-bond donors (Lipinski definition) is 1. The smallest absolute Gasteiger partial charge is 0.345 e. The van der Waals surface area contributed by atoms with Crippen LogP contribution in [0.1, 0.15) is 34.5 Å². The number of aromatic nitrogens is 1. The number of rotatable bonds is 3. The minimum Gasteiger partial charge on any atom is -0.345 e. The van der Waals surface area contributed by atoms with Gasteiger partial charge in [-0.05, 0) is 36.8 Å². The zero-order chi connectivity index (χ0) is 17.2. The van der Waals surface area contributed by atoms with Gasteiger partial charge in [0, 0.05) is 11.2 Å². The molecular formula is C15H11ClF4N2O. The van der Waals surface area contributed by atoms with Crippen LogP contribution in [0.15, 0.2) is 36.7 Å². The van der Waals surface area contributed by atoms with Crippen LogP contribution in [0.3, 0.4) is 0 Å². The normalized spacial score (nSPS) is 12.8. The molecule has 122 valence electrons. The summed E-state index contributed by atoms with van der Waals surface area (Å²) in [6.07, 6.45) is -2.42. The Balaban J connectivity index is 2.28. The van der Waals surface area contributed by atoms with Crippen LogP contribution in [0, 0.1) is 5.82 Å². The van der Waals surface area contributed by atoms with Gasteiger partial charge >= 0.3 is 6.18 Å². The number of hydrogen-bond acceptors (Lipinski definition) is 2. The van der Waals surface area contributed by atoms with Crippen molar-refractivity contribution in [2.45, 2.75) is 19.1 Å². The van der Waals surface area contributed by atoms with Gasteiger partial charge in [0.1, 0.15) is 5.82 Å². The molecular weight excluding hydrogens is 336 g/mol. The van der Waals surface area contributed by atoms with Crippen molar-refractivity contribution in [1.29, 1.82) is 0 Å². The van der Waals surface area contributed by atoms with Crippen LogP contribution in [0.4, 0.5) is 17.6 Å². The zero-order valence-corrected chi connectivity index (χ0v) is 12.5. The molecule has 8 heteroatoms. The van der Waals surface area contributed by atoms with Crippen LogP contribution in [0.5, 0.6) is 0 Å². The van der Waals surface area contributed by atoms with Crippen LogP contribution >= 0.6 is 11.6 Å². The Morgan fingerprint density at radius 2 is 1.96 bits per heavy atom. The lowest BCUT2D eigenvalue weighted by Gasteiger charge is -2.17. The van der Waals surface area contributed by atoms with Gasteiger partial charge in [-0.2, -0.15) is 13.2 Å². The fourth-order valence-corrected chi connectivity index (χ4v) is 2.14. The Kier molecular flexibility index (Phi) is 4.89. The Bertz CT molecular complexity index is 734. The molecule has 1 aromatic heterocycles. The fraction of sp³-hybridized carbons (Fsp3) is 0.200. The van der Waals surface area contributed by atoms with E-state index in [4.69, 9.17) is 11.6 Å². The number of alkyl halides is 3. The van der Waals surface area contributed by atoms with Gasteiger partial charge in [-0.3, -0.25) is 9.78 Å². The summed E-state index contributed by atoms with van der Waals surface area (Å²) in [5.74, 6) is -1.54. The maximum absolute atomic E-state index is 13.1. The van der Waals surface area contributed by atoms with E-state index in [0.29, 0.717) is 11.6 Å². The molecule has 23 heavy (non-hydrogen) atoms. The van der Waals surface area contributed by atoms with Crippen molar-refractivity contribution in [3.8, 4) is 0 Å². The summed E-state index contributed by atoms with van der Waals surface area (Å²) in [5.41, 5.74) is -1.36. The molecule has 0 fully saturated rings. The maximum Gasteiger partial charge on any atom is 0.417 e. The van der Waals surface area contributed by atoms with E-state index in [1.54, 1.807) is 0 Å². The van der Waals surface area contributed by atoms with E-state index in [2.05, 4.69) is 10.3 Å². The lowest BCUT2D eigenvalue weighted by Crippen LogP contribution is -2.29. The van der Waals surface area contributed by atoms with E-state index in [0.717, 1.165) is 18.3 Å². The predicted molar refractivity (Wildman–Crippen MR) is 76.5 cm³/mol. The molecule has 0 aliphatic heterocycles. The lowest BCUT2D eigenvalue weighted by atomic mass is 10.0. The van der Waals surface area contributed by atoms with Gasteiger partial charge in [0.25, 0.3) is 5.91 Å². The molecule has 2 rings (SSSR count). The third-order valence-corrected chi connectivity index (χ3v) is 3.34. The molecule has 0 saturated carbocycles. The molecule has 1 heterocycles. The van der Waals surface area contributed by atoms with Gasteiger partial charge in [0.2, 0.25) is 0 Å². The van der Waals surface area contributed by atoms with Crippen molar-refractivity contribution >= 4 is 17.5 Å². The van der Waals surface area contributed by atoms with Crippen molar-refractivity contribution in [3.05, 3.63) is 64.2 Å². The summed E-state index contributed by atoms with van der Waals surface area (Å²) < 4.78 is 52.1. The number of amides is 1. The van der Waals surface area contributed by atoms with Crippen LogP contribution in [0.2, 0.25) is 5.02 Å². The van der Waals surface area contributed by atoms with Gasteiger partial charge in [0.05, 0.1) is 23.4 Å². The first kappa shape index (κ1) is 17.2. The molecule has 1 atom stereocenters. The number of carbonyl (C=O) groups excluding carboxylic acids is 1. The summed E-state index contributed by atoms with van der Waals surface area (Å²) in [4.78, 5) is 15.8. The first-order valence-electron chi connectivity index (χ1n) is 6.46. The first-order chi connectivity index (χ1) is 10.7. The molecule has 0 radical (unpaired) electrons. The SMILES string of the molecule is C[C@H](NC(=O)c1ccc(Cl)cc1C(F)(F)F)c1cncc(F)c1. The molecule has 0 aliphatic rings. The van der Waals surface area contributed by atoms with Crippen molar-refractivity contribution in [1.82, 2.24) is 10.3 Å². The highest BCUT2D eigenvalue weighted by Gasteiger charge is 2.35. The second kappa shape index (κ2) is 6.54. The first-order valence-corrected chi connectivity index (χ1v) is 6.84. The van der Waals surface area contributed by atoms with Crippen molar-refractivity contribution in [2.75, 3.05) is 0 Å². The van der Waals surface area contributed by atoms with Crippen LogP contribution in [-0.4, -0.2) is 10.9 Å². The minimum atomic E-state index is -4.72. The average Bonchev–Trinajstić information content (AvgIpc) is 2.46. The Hall–Kier alpha value is -2.15. The van der Waals surface area contributed by atoms with Gasteiger partial charge in [0.15, 0.2) is 0 Å². The van der Waals surface area contributed by atoms with Crippen LogP contribution in [-0.2, 0) is 6.18 Å². The minimum absolute atomic E-state index is 0.128. The van der Waals surface area contributed by atoms with E-state index < -0.39 is 35.1 Å². The number of carbonyl (C=O) groups is 1. The fourth-order valence-electron chi connectivity index (χ4n) is 1.97. The zero-order valence-electron chi connectivity index (χ0n) is 11.8. The number of pyridine rings is 1. The topological polar surface area (TPSA) is 42.0 Å². The average molecular weight is 347 g/mol. The second-order valence-electron chi connectivity index (χ2n) is 4.82. The van der Waals surface area contributed by atoms with E-state index in [1.807, 2.05) is 0 Å². The van der Waals surface area contributed by atoms with E-state index in [1.165, 1.54) is 19.2 Å². The number of halogens is 5. The Labute approximate surface area is 134 Å². The highest BCUT2D eigenvalue weighted by atomic mass is 35.5. The number of benzene rings is 1. The summed E-state index contributed by atoms with van der Waals surface area (Å²) in [7, 11) is 0. The molecule has 0 saturated heterocycles.